The molecule has 2 atom stereocenters. The summed E-state index contributed by atoms with van der Waals surface area (Å²) in [6, 6.07) is 14.9. The second-order valence-corrected chi connectivity index (χ2v) is 11.3. The van der Waals surface area contributed by atoms with Gasteiger partial charge in [0.1, 0.15) is 5.60 Å². The molecule has 2 saturated heterocycles. The number of piperidine rings is 1. The van der Waals surface area contributed by atoms with Crippen LogP contribution in [0.5, 0.6) is 0 Å². The second-order valence-electron chi connectivity index (χ2n) is 11.3. The van der Waals surface area contributed by atoms with Crippen molar-refractivity contribution in [3.05, 3.63) is 53.6 Å². The van der Waals surface area contributed by atoms with Crippen LogP contribution < -0.4 is 10.2 Å². The fourth-order valence-electron chi connectivity index (χ4n) is 6.12. The molecule has 35 heavy (non-hydrogen) atoms. The number of nitrogens with zero attached hydrogens (tertiary/aromatic N) is 2. The summed E-state index contributed by atoms with van der Waals surface area (Å²) in [4.78, 5) is 29.4. The Morgan fingerprint density at radius 3 is 2.57 bits per heavy atom. The molecule has 0 radical (unpaired) electrons. The highest BCUT2D eigenvalue weighted by Crippen LogP contribution is 2.45. The van der Waals surface area contributed by atoms with E-state index in [1.54, 1.807) is 4.90 Å². The number of rotatable bonds is 2. The zero-order valence-electron chi connectivity index (χ0n) is 21.4. The van der Waals surface area contributed by atoms with Crippen molar-refractivity contribution in [3.63, 3.8) is 0 Å². The third-order valence-electron chi connectivity index (χ3n) is 7.73. The number of carbonyl (C=O) groups is 2. The van der Waals surface area contributed by atoms with Crippen LogP contribution in [-0.2, 0) is 16.0 Å². The lowest BCUT2D eigenvalue weighted by molar-refractivity contribution is -0.118. The highest BCUT2D eigenvalue weighted by atomic mass is 16.6. The Morgan fingerprint density at radius 1 is 1.06 bits per heavy atom. The van der Waals surface area contributed by atoms with E-state index in [2.05, 4.69) is 47.8 Å². The second kappa shape index (κ2) is 8.98. The molecule has 0 saturated carbocycles. The number of carbonyl (C=O) groups excluding carboxylic acids is 2. The summed E-state index contributed by atoms with van der Waals surface area (Å²) in [6.45, 7) is 7.44. The van der Waals surface area contributed by atoms with E-state index in [1.165, 1.54) is 5.56 Å². The first-order valence-corrected chi connectivity index (χ1v) is 12.9. The van der Waals surface area contributed by atoms with Crippen molar-refractivity contribution in [2.45, 2.75) is 76.5 Å². The van der Waals surface area contributed by atoms with Crippen molar-refractivity contribution in [3.8, 4) is 11.1 Å². The first-order valence-electron chi connectivity index (χ1n) is 12.9. The van der Waals surface area contributed by atoms with Crippen molar-refractivity contribution >= 4 is 17.7 Å². The number of nitrogens with one attached hydrogen (secondary N) is 1. The molecule has 0 bridgehead atoms. The van der Waals surface area contributed by atoms with Crippen LogP contribution in [0.25, 0.3) is 11.1 Å². The molecular formula is C29H37N3O3. The Bertz CT molecular complexity index is 1130. The molecule has 0 aromatic heterocycles. The average molecular weight is 476 g/mol. The minimum Gasteiger partial charge on any atom is -0.444 e. The van der Waals surface area contributed by atoms with E-state index < -0.39 is 5.60 Å². The van der Waals surface area contributed by atoms with E-state index in [0.29, 0.717) is 13.0 Å². The molecule has 1 spiro atoms. The zero-order chi connectivity index (χ0) is 24.8. The van der Waals surface area contributed by atoms with Gasteiger partial charge in [-0.2, -0.15) is 0 Å². The molecule has 5 rings (SSSR count). The lowest BCUT2D eigenvalue weighted by Crippen LogP contribution is -2.58. The smallest absolute Gasteiger partial charge is 0.410 e. The van der Waals surface area contributed by atoms with E-state index in [1.807, 2.05) is 32.7 Å². The highest BCUT2D eigenvalue weighted by molar-refractivity contribution is 5.96. The molecule has 0 unspecified atom stereocenters. The van der Waals surface area contributed by atoms with Gasteiger partial charge in [0.15, 0.2) is 0 Å². The van der Waals surface area contributed by atoms with Gasteiger partial charge in [0.05, 0.1) is 6.04 Å². The molecule has 2 amide bonds. The van der Waals surface area contributed by atoms with Gasteiger partial charge in [0, 0.05) is 31.2 Å². The SMILES string of the molecule is CN1C(=O)CCc2ccc(-c3cccc([C@H]4N(C(=O)OC(C)(C)C)CCC[C@@]45CCCN5)c3)cc21. The van der Waals surface area contributed by atoms with Gasteiger partial charge in [0.2, 0.25) is 5.91 Å². The number of aryl methyl sites for hydroxylation is 1. The molecule has 3 aliphatic rings. The van der Waals surface area contributed by atoms with Crippen molar-refractivity contribution in [1.82, 2.24) is 10.2 Å². The average Bonchev–Trinajstić information content (AvgIpc) is 3.28. The van der Waals surface area contributed by atoms with E-state index in [-0.39, 0.29) is 23.6 Å². The molecule has 2 aromatic carbocycles. The molecule has 3 aliphatic heterocycles. The summed E-state index contributed by atoms with van der Waals surface area (Å²) < 4.78 is 5.85. The minimum atomic E-state index is -0.538. The van der Waals surface area contributed by atoms with Gasteiger partial charge in [-0.25, -0.2) is 4.79 Å². The maximum atomic E-state index is 13.4. The predicted molar refractivity (Wildman–Crippen MR) is 138 cm³/mol. The molecule has 2 aromatic rings. The van der Waals surface area contributed by atoms with Crippen molar-refractivity contribution in [2.24, 2.45) is 0 Å². The van der Waals surface area contributed by atoms with Gasteiger partial charge >= 0.3 is 6.09 Å². The molecule has 2 fully saturated rings. The normalized spacial score (nSPS) is 24.6. The molecule has 3 heterocycles. The van der Waals surface area contributed by atoms with Crippen LogP contribution >= 0.6 is 0 Å². The van der Waals surface area contributed by atoms with Crippen LogP contribution in [0.1, 0.15) is 70.0 Å². The first kappa shape index (κ1) is 23.9. The molecule has 1 N–H and O–H groups in total. The van der Waals surface area contributed by atoms with Crippen LogP contribution in [0.4, 0.5) is 10.5 Å². The Labute approximate surface area is 208 Å². The number of ether oxygens (including phenoxy) is 1. The molecule has 6 nitrogen and oxygen atoms in total. The van der Waals surface area contributed by atoms with E-state index in [9.17, 15) is 9.59 Å². The topological polar surface area (TPSA) is 61.9 Å². The number of fused-ring (bicyclic) bond motifs is 1. The standard InChI is InChI=1S/C29H37N3O3/c1-28(2,3)35-27(34)32-17-7-15-29(14-6-16-30-29)26(32)23-9-5-8-21(18-23)22-11-10-20-12-13-25(33)31(4)24(20)19-22/h5,8-11,18-19,26,30H,6-7,12-17H2,1-4H3/t26-,29+/m1/s1. The minimum absolute atomic E-state index is 0.0876. The van der Waals surface area contributed by atoms with Crippen molar-refractivity contribution < 1.29 is 14.3 Å². The number of hydrogen-bond acceptors (Lipinski definition) is 4. The fraction of sp³-hybridized carbons (Fsp3) is 0.517. The quantitative estimate of drug-likeness (QED) is 0.627. The summed E-state index contributed by atoms with van der Waals surface area (Å²) in [5.74, 6) is 0.160. The Morgan fingerprint density at radius 2 is 1.83 bits per heavy atom. The summed E-state index contributed by atoms with van der Waals surface area (Å²) >= 11 is 0. The van der Waals surface area contributed by atoms with Gasteiger partial charge in [0.25, 0.3) is 0 Å². The first-order chi connectivity index (χ1) is 16.7. The van der Waals surface area contributed by atoms with E-state index in [4.69, 9.17) is 4.74 Å². The number of amides is 2. The Kier molecular flexibility index (Phi) is 6.12. The maximum Gasteiger partial charge on any atom is 0.410 e. The summed E-state index contributed by atoms with van der Waals surface area (Å²) in [7, 11) is 1.86. The van der Waals surface area contributed by atoms with Gasteiger partial charge in [-0.1, -0.05) is 30.3 Å². The van der Waals surface area contributed by atoms with Gasteiger partial charge in [-0.15, -0.1) is 0 Å². The summed E-state index contributed by atoms with van der Waals surface area (Å²) in [5.41, 5.74) is 4.85. The monoisotopic (exact) mass is 475 g/mol. The Balaban J connectivity index is 1.54. The number of hydrogen-bond donors (Lipinski definition) is 1. The summed E-state index contributed by atoms with van der Waals surface area (Å²) in [5, 5.41) is 3.79. The zero-order valence-corrected chi connectivity index (χ0v) is 21.4. The lowest BCUT2D eigenvalue weighted by Gasteiger charge is -2.48. The van der Waals surface area contributed by atoms with E-state index in [0.717, 1.165) is 61.0 Å². The van der Waals surface area contributed by atoms with Crippen LogP contribution in [-0.4, -0.2) is 48.2 Å². The molecular weight excluding hydrogens is 438 g/mol. The molecule has 6 heteroatoms. The number of benzene rings is 2. The van der Waals surface area contributed by atoms with Crippen LogP contribution in [0, 0.1) is 0 Å². The third-order valence-corrected chi connectivity index (χ3v) is 7.73. The van der Waals surface area contributed by atoms with Gasteiger partial charge in [-0.05, 0) is 93.8 Å². The van der Waals surface area contributed by atoms with Crippen molar-refractivity contribution in [2.75, 3.05) is 25.0 Å². The highest BCUT2D eigenvalue weighted by Gasteiger charge is 2.49. The lowest BCUT2D eigenvalue weighted by atomic mass is 9.76. The van der Waals surface area contributed by atoms with Gasteiger partial charge in [-0.3, -0.25) is 9.69 Å². The fourth-order valence-corrected chi connectivity index (χ4v) is 6.12. The predicted octanol–water partition coefficient (Wildman–Crippen LogP) is 5.46. The third kappa shape index (κ3) is 4.56. The molecule has 0 aliphatic carbocycles. The van der Waals surface area contributed by atoms with Gasteiger partial charge < -0.3 is 15.0 Å². The maximum absolute atomic E-state index is 13.4. The Hall–Kier alpha value is -2.86. The van der Waals surface area contributed by atoms with Crippen LogP contribution in [0.2, 0.25) is 0 Å². The number of likely N-dealkylation sites (tertiary alicyclic amines) is 1. The van der Waals surface area contributed by atoms with Crippen LogP contribution in [0.3, 0.4) is 0 Å². The van der Waals surface area contributed by atoms with Crippen LogP contribution in [0.15, 0.2) is 42.5 Å². The molecule has 186 valence electrons. The number of anilines is 1. The summed E-state index contributed by atoms with van der Waals surface area (Å²) in [6.07, 6.45) is 5.29. The largest absolute Gasteiger partial charge is 0.444 e. The van der Waals surface area contributed by atoms with E-state index >= 15 is 0 Å². The van der Waals surface area contributed by atoms with Crippen molar-refractivity contribution in [1.29, 1.82) is 0 Å².